The summed E-state index contributed by atoms with van der Waals surface area (Å²) in [6, 6.07) is -0.00284. The van der Waals surface area contributed by atoms with Crippen LogP contribution >= 0.6 is 11.3 Å². The number of carbonyl (C=O) groups excluding carboxylic acids is 1. The molecule has 2 heterocycles. The van der Waals surface area contributed by atoms with Crippen LogP contribution in [0.5, 0.6) is 0 Å². The average molecular weight is 281 g/mol. The second kappa shape index (κ2) is 6.48. The number of rotatable bonds is 4. The predicted molar refractivity (Wildman–Crippen MR) is 78.1 cm³/mol. The van der Waals surface area contributed by atoms with Crippen molar-refractivity contribution in [2.24, 2.45) is 5.92 Å². The summed E-state index contributed by atoms with van der Waals surface area (Å²) < 4.78 is 0. The monoisotopic (exact) mass is 281 g/mol. The third-order valence-corrected chi connectivity index (χ3v) is 4.91. The Balaban J connectivity index is 1.93. The van der Waals surface area contributed by atoms with Gasteiger partial charge in [-0.3, -0.25) is 4.79 Å². The molecule has 1 aromatic heterocycles. The number of amides is 1. The summed E-state index contributed by atoms with van der Waals surface area (Å²) in [5, 5.41) is 3.35. The van der Waals surface area contributed by atoms with E-state index >= 15 is 0 Å². The summed E-state index contributed by atoms with van der Waals surface area (Å²) in [7, 11) is 1.89. The molecule has 1 amide bonds. The van der Waals surface area contributed by atoms with E-state index in [0.29, 0.717) is 12.5 Å². The Morgan fingerprint density at radius 1 is 1.63 bits per heavy atom. The molecule has 1 saturated heterocycles. The molecular formula is C14H23N3OS. The Morgan fingerprint density at radius 3 is 3.05 bits per heavy atom. The van der Waals surface area contributed by atoms with Crippen LogP contribution in [0.4, 0.5) is 0 Å². The normalized spacial score (nSPS) is 23.3. The predicted octanol–water partition coefficient (Wildman–Crippen LogP) is 2.19. The van der Waals surface area contributed by atoms with Crippen LogP contribution in [0.25, 0.3) is 0 Å². The quantitative estimate of drug-likeness (QED) is 0.920. The highest BCUT2D eigenvalue weighted by atomic mass is 32.1. The Labute approximate surface area is 119 Å². The van der Waals surface area contributed by atoms with Crippen molar-refractivity contribution >= 4 is 17.2 Å². The fourth-order valence-electron chi connectivity index (χ4n) is 2.59. The van der Waals surface area contributed by atoms with Crippen molar-refractivity contribution in [3.05, 3.63) is 16.1 Å². The number of aromatic nitrogens is 1. The van der Waals surface area contributed by atoms with Gasteiger partial charge in [-0.05, 0) is 32.2 Å². The third kappa shape index (κ3) is 3.54. The summed E-state index contributed by atoms with van der Waals surface area (Å²) in [6.07, 6.45) is 3.34. The van der Waals surface area contributed by atoms with E-state index in [0.717, 1.165) is 18.7 Å². The number of piperidine rings is 1. The van der Waals surface area contributed by atoms with Crippen LogP contribution in [0.1, 0.15) is 36.8 Å². The minimum Gasteiger partial charge on any atom is -0.339 e. The van der Waals surface area contributed by atoms with E-state index in [-0.39, 0.29) is 11.9 Å². The summed E-state index contributed by atoms with van der Waals surface area (Å²) in [5.41, 5.74) is 2.88. The van der Waals surface area contributed by atoms with Crippen LogP contribution < -0.4 is 5.32 Å². The second-order valence-electron chi connectivity index (χ2n) is 5.36. The van der Waals surface area contributed by atoms with Crippen LogP contribution in [-0.2, 0) is 11.3 Å². The molecule has 2 atom stereocenters. The van der Waals surface area contributed by atoms with E-state index in [1.807, 2.05) is 24.4 Å². The van der Waals surface area contributed by atoms with Gasteiger partial charge in [-0.25, -0.2) is 4.98 Å². The zero-order chi connectivity index (χ0) is 13.8. The maximum atomic E-state index is 12.4. The number of carbonyl (C=O) groups is 1. The third-order valence-electron chi connectivity index (χ3n) is 3.99. The molecular weight excluding hydrogens is 258 g/mol. The summed E-state index contributed by atoms with van der Waals surface area (Å²) in [4.78, 5) is 19.7. The minimum atomic E-state index is -0.00284. The van der Waals surface area contributed by atoms with Gasteiger partial charge in [-0.2, -0.15) is 0 Å². The van der Waals surface area contributed by atoms with Gasteiger partial charge in [0.25, 0.3) is 0 Å². The molecule has 2 unspecified atom stereocenters. The first kappa shape index (κ1) is 14.5. The lowest BCUT2D eigenvalue weighted by molar-refractivity contribution is -0.133. The van der Waals surface area contributed by atoms with E-state index in [9.17, 15) is 4.79 Å². The molecule has 2 rings (SSSR count). The van der Waals surface area contributed by atoms with Crippen LogP contribution in [0.3, 0.4) is 0 Å². The summed E-state index contributed by atoms with van der Waals surface area (Å²) >= 11 is 1.62. The van der Waals surface area contributed by atoms with Gasteiger partial charge in [0.2, 0.25) is 5.91 Å². The molecule has 1 aromatic rings. The molecule has 0 spiro atoms. The van der Waals surface area contributed by atoms with Gasteiger partial charge in [0.15, 0.2) is 0 Å². The lowest BCUT2D eigenvalue weighted by Gasteiger charge is -2.31. The SMILES string of the molecule is CCC1CCNC(C(=O)N(C)Cc2scnc2C)C1. The molecule has 0 aromatic carbocycles. The minimum absolute atomic E-state index is 0.00284. The van der Waals surface area contributed by atoms with Gasteiger partial charge >= 0.3 is 0 Å². The number of nitrogens with one attached hydrogen (secondary N) is 1. The number of hydrogen-bond donors (Lipinski definition) is 1. The Hall–Kier alpha value is -0.940. The lowest BCUT2D eigenvalue weighted by atomic mass is 9.90. The molecule has 0 radical (unpaired) electrons. The van der Waals surface area contributed by atoms with E-state index < -0.39 is 0 Å². The molecule has 0 aliphatic carbocycles. The molecule has 19 heavy (non-hydrogen) atoms. The highest BCUT2D eigenvalue weighted by Crippen LogP contribution is 2.21. The zero-order valence-electron chi connectivity index (χ0n) is 12.0. The Bertz CT molecular complexity index is 432. The van der Waals surface area contributed by atoms with Crippen LogP contribution in [0, 0.1) is 12.8 Å². The van der Waals surface area contributed by atoms with Crippen molar-refractivity contribution < 1.29 is 4.79 Å². The van der Waals surface area contributed by atoms with Crippen molar-refractivity contribution in [1.82, 2.24) is 15.2 Å². The smallest absolute Gasteiger partial charge is 0.239 e. The first-order valence-corrected chi connectivity index (χ1v) is 7.87. The first-order valence-electron chi connectivity index (χ1n) is 6.99. The van der Waals surface area contributed by atoms with Crippen molar-refractivity contribution in [1.29, 1.82) is 0 Å². The van der Waals surface area contributed by atoms with E-state index in [1.165, 1.54) is 17.7 Å². The molecule has 0 bridgehead atoms. The number of hydrogen-bond acceptors (Lipinski definition) is 4. The molecule has 5 heteroatoms. The molecule has 1 fully saturated rings. The van der Waals surface area contributed by atoms with Crippen LogP contribution in [-0.4, -0.2) is 35.4 Å². The van der Waals surface area contributed by atoms with Crippen LogP contribution in [0.15, 0.2) is 5.51 Å². The van der Waals surface area contributed by atoms with Gasteiger partial charge in [-0.1, -0.05) is 13.3 Å². The number of aryl methyl sites for hydroxylation is 1. The topological polar surface area (TPSA) is 45.2 Å². The van der Waals surface area contributed by atoms with Gasteiger partial charge < -0.3 is 10.2 Å². The maximum Gasteiger partial charge on any atom is 0.239 e. The summed E-state index contributed by atoms with van der Waals surface area (Å²) in [6.45, 7) is 5.84. The van der Waals surface area contributed by atoms with E-state index in [4.69, 9.17) is 0 Å². The fraction of sp³-hybridized carbons (Fsp3) is 0.714. The van der Waals surface area contributed by atoms with Gasteiger partial charge in [0.1, 0.15) is 0 Å². The van der Waals surface area contributed by atoms with Gasteiger partial charge in [0.05, 0.1) is 23.8 Å². The molecule has 0 saturated carbocycles. The number of thiazole rings is 1. The molecule has 1 aliphatic rings. The lowest BCUT2D eigenvalue weighted by Crippen LogP contribution is -2.49. The van der Waals surface area contributed by atoms with Crippen molar-refractivity contribution in [3.63, 3.8) is 0 Å². The van der Waals surface area contributed by atoms with Crippen molar-refractivity contribution in [2.75, 3.05) is 13.6 Å². The Morgan fingerprint density at radius 2 is 2.42 bits per heavy atom. The van der Waals surface area contributed by atoms with Crippen molar-refractivity contribution in [3.8, 4) is 0 Å². The molecule has 1 N–H and O–H groups in total. The van der Waals surface area contributed by atoms with E-state index in [1.54, 1.807) is 11.3 Å². The molecule has 1 aliphatic heterocycles. The zero-order valence-corrected chi connectivity index (χ0v) is 12.8. The maximum absolute atomic E-state index is 12.4. The number of nitrogens with zero attached hydrogens (tertiary/aromatic N) is 2. The fourth-order valence-corrected chi connectivity index (χ4v) is 3.42. The molecule has 106 valence electrons. The Kier molecular flexibility index (Phi) is 4.93. The largest absolute Gasteiger partial charge is 0.339 e. The van der Waals surface area contributed by atoms with Gasteiger partial charge in [0, 0.05) is 11.9 Å². The van der Waals surface area contributed by atoms with Crippen molar-refractivity contribution in [2.45, 2.75) is 45.7 Å². The standard InChI is InChI=1S/C14H23N3OS/c1-4-11-5-6-15-12(7-11)14(18)17(3)8-13-10(2)16-9-19-13/h9,11-12,15H,4-8H2,1-3H3. The first-order chi connectivity index (χ1) is 9.11. The molecule has 4 nitrogen and oxygen atoms in total. The van der Waals surface area contributed by atoms with Crippen LogP contribution in [0.2, 0.25) is 0 Å². The van der Waals surface area contributed by atoms with Gasteiger partial charge in [-0.15, -0.1) is 11.3 Å². The second-order valence-corrected chi connectivity index (χ2v) is 6.30. The average Bonchev–Trinajstić information content (AvgIpc) is 2.83. The highest BCUT2D eigenvalue weighted by Gasteiger charge is 2.28. The summed E-state index contributed by atoms with van der Waals surface area (Å²) in [5.74, 6) is 0.902. The highest BCUT2D eigenvalue weighted by molar-refractivity contribution is 7.09. The number of likely N-dealkylation sites (N-methyl/N-ethyl adjacent to an activating group) is 1. The van der Waals surface area contributed by atoms with E-state index in [2.05, 4.69) is 17.2 Å².